The third kappa shape index (κ3) is 4.92. The lowest BCUT2D eigenvalue weighted by Crippen LogP contribution is -2.03. The van der Waals surface area contributed by atoms with Crippen molar-refractivity contribution in [2.75, 3.05) is 6.61 Å². The Morgan fingerprint density at radius 3 is 2.38 bits per heavy atom. The molecule has 3 nitrogen and oxygen atoms in total. The second kappa shape index (κ2) is 5.92. The standard InChI is InChI=1S/C7H13Cl2O3P/c1-4-11-13(10,6(2)3)12-5-7(8)9/h5-6H,4H2,1-3H3. The van der Waals surface area contributed by atoms with E-state index in [1.807, 2.05) is 0 Å². The minimum Gasteiger partial charge on any atom is -0.430 e. The van der Waals surface area contributed by atoms with Gasteiger partial charge in [0.2, 0.25) is 0 Å². The maximum atomic E-state index is 11.8. The van der Waals surface area contributed by atoms with Crippen molar-refractivity contribution in [2.45, 2.75) is 26.4 Å². The molecule has 0 fully saturated rings. The molecule has 0 bridgehead atoms. The molecule has 78 valence electrons. The first kappa shape index (κ1) is 13.3. The van der Waals surface area contributed by atoms with Crippen molar-refractivity contribution in [2.24, 2.45) is 0 Å². The molecule has 0 rings (SSSR count). The summed E-state index contributed by atoms with van der Waals surface area (Å²) in [6.07, 6.45) is 1.03. The zero-order valence-electron chi connectivity index (χ0n) is 7.79. The average Bonchev–Trinajstić information content (AvgIpc) is 2.01. The Kier molecular flexibility index (Phi) is 6.06. The number of halogens is 2. The van der Waals surface area contributed by atoms with Crippen molar-refractivity contribution in [3.8, 4) is 0 Å². The van der Waals surface area contributed by atoms with Crippen LogP contribution in [0.25, 0.3) is 0 Å². The van der Waals surface area contributed by atoms with Gasteiger partial charge < -0.3 is 4.52 Å². The predicted molar refractivity (Wildman–Crippen MR) is 55.2 cm³/mol. The Balaban J connectivity index is 4.43. The summed E-state index contributed by atoms with van der Waals surface area (Å²) in [5.41, 5.74) is -0.226. The fourth-order valence-electron chi connectivity index (χ4n) is 0.594. The number of hydrogen-bond acceptors (Lipinski definition) is 3. The van der Waals surface area contributed by atoms with Crippen LogP contribution in [0.4, 0.5) is 0 Å². The first-order valence-corrected chi connectivity index (χ1v) is 6.23. The molecule has 0 saturated heterocycles. The fourth-order valence-corrected chi connectivity index (χ4v) is 2.02. The second-order valence-electron chi connectivity index (χ2n) is 2.56. The molecule has 0 heterocycles. The van der Waals surface area contributed by atoms with Gasteiger partial charge in [0.15, 0.2) is 0 Å². The molecule has 0 aliphatic rings. The maximum absolute atomic E-state index is 11.8. The molecule has 0 saturated carbocycles. The average molecular weight is 247 g/mol. The van der Waals surface area contributed by atoms with E-state index in [1.165, 1.54) is 0 Å². The lowest BCUT2D eigenvalue weighted by molar-refractivity contribution is 0.256. The van der Waals surface area contributed by atoms with Crippen LogP contribution in [0, 0.1) is 0 Å². The van der Waals surface area contributed by atoms with Crippen molar-refractivity contribution < 1.29 is 13.6 Å². The molecular weight excluding hydrogens is 234 g/mol. The maximum Gasteiger partial charge on any atom is 0.381 e. The molecule has 0 aromatic heterocycles. The summed E-state index contributed by atoms with van der Waals surface area (Å²) in [6, 6.07) is 0. The van der Waals surface area contributed by atoms with Crippen LogP contribution in [0.1, 0.15) is 20.8 Å². The predicted octanol–water partition coefficient (Wildman–Crippen LogP) is 3.92. The third-order valence-corrected chi connectivity index (χ3v) is 3.69. The van der Waals surface area contributed by atoms with Gasteiger partial charge in [-0.3, -0.25) is 4.52 Å². The van der Waals surface area contributed by atoms with E-state index >= 15 is 0 Å². The highest BCUT2D eigenvalue weighted by Gasteiger charge is 2.28. The molecule has 0 radical (unpaired) electrons. The molecule has 0 aliphatic carbocycles. The van der Waals surface area contributed by atoms with Crippen LogP contribution in [-0.2, 0) is 13.6 Å². The molecule has 0 spiro atoms. The zero-order chi connectivity index (χ0) is 10.5. The summed E-state index contributed by atoms with van der Waals surface area (Å²) in [4.78, 5) is 0. The summed E-state index contributed by atoms with van der Waals surface area (Å²) < 4.78 is 21.6. The van der Waals surface area contributed by atoms with Crippen molar-refractivity contribution in [1.29, 1.82) is 0 Å². The van der Waals surface area contributed by atoms with Gasteiger partial charge in [-0.25, -0.2) is 4.57 Å². The summed E-state index contributed by atoms with van der Waals surface area (Å²) in [5, 5.41) is 0. The largest absolute Gasteiger partial charge is 0.430 e. The SMILES string of the molecule is CCOP(=O)(OC=C(Cl)Cl)C(C)C. The van der Waals surface area contributed by atoms with Crippen LogP contribution in [0.3, 0.4) is 0 Å². The Hall–Kier alpha value is 0.310. The lowest BCUT2D eigenvalue weighted by atomic mass is 10.6. The van der Waals surface area contributed by atoms with Crippen LogP contribution in [0.15, 0.2) is 10.8 Å². The van der Waals surface area contributed by atoms with Crippen LogP contribution < -0.4 is 0 Å². The van der Waals surface area contributed by atoms with Gasteiger partial charge in [0, 0.05) is 0 Å². The van der Waals surface area contributed by atoms with E-state index in [2.05, 4.69) is 0 Å². The number of rotatable bonds is 5. The Labute approximate surface area is 88.5 Å². The van der Waals surface area contributed by atoms with E-state index in [9.17, 15) is 4.57 Å². The third-order valence-electron chi connectivity index (χ3n) is 1.23. The van der Waals surface area contributed by atoms with Crippen molar-refractivity contribution in [3.63, 3.8) is 0 Å². The van der Waals surface area contributed by atoms with Crippen LogP contribution >= 0.6 is 30.8 Å². The minimum absolute atomic E-state index is 0.0828. The smallest absolute Gasteiger partial charge is 0.381 e. The van der Waals surface area contributed by atoms with Gasteiger partial charge in [-0.05, 0) is 6.92 Å². The van der Waals surface area contributed by atoms with E-state index in [0.29, 0.717) is 6.61 Å². The molecular formula is C7H13Cl2O3P. The highest BCUT2D eigenvalue weighted by molar-refractivity contribution is 7.54. The second-order valence-corrected chi connectivity index (χ2v) is 6.15. The van der Waals surface area contributed by atoms with E-state index in [1.54, 1.807) is 20.8 Å². The Morgan fingerprint density at radius 1 is 1.54 bits per heavy atom. The van der Waals surface area contributed by atoms with Gasteiger partial charge in [-0.15, -0.1) is 0 Å². The van der Waals surface area contributed by atoms with E-state index < -0.39 is 7.60 Å². The van der Waals surface area contributed by atoms with Gasteiger partial charge >= 0.3 is 7.60 Å². The summed E-state index contributed by atoms with van der Waals surface area (Å²) in [7, 11) is -3.09. The highest BCUT2D eigenvalue weighted by Crippen LogP contribution is 2.53. The molecule has 0 aromatic carbocycles. The van der Waals surface area contributed by atoms with Crippen LogP contribution in [-0.4, -0.2) is 12.3 Å². The van der Waals surface area contributed by atoms with Gasteiger partial charge in [-0.1, -0.05) is 37.0 Å². The quantitative estimate of drug-likeness (QED) is 0.545. The van der Waals surface area contributed by atoms with E-state index in [0.717, 1.165) is 6.26 Å². The van der Waals surface area contributed by atoms with Gasteiger partial charge in [-0.2, -0.15) is 0 Å². The van der Waals surface area contributed by atoms with Gasteiger partial charge in [0.25, 0.3) is 0 Å². The molecule has 1 unspecified atom stereocenters. The van der Waals surface area contributed by atoms with E-state index in [4.69, 9.17) is 32.2 Å². The van der Waals surface area contributed by atoms with E-state index in [-0.39, 0.29) is 10.2 Å². The topological polar surface area (TPSA) is 35.5 Å². The summed E-state index contributed by atoms with van der Waals surface area (Å²) in [5.74, 6) is 0. The molecule has 0 aromatic rings. The monoisotopic (exact) mass is 246 g/mol. The first-order valence-electron chi connectivity index (χ1n) is 3.86. The van der Waals surface area contributed by atoms with Crippen LogP contribution in [0.5, 0.6) is 0 Å². The highest BCUT2D eigenvalue weighted by atomic mass is 35.5. The Morgan fingerprint density at radius 2 is 2.08 bits per heavy atom. The van der Waals surface area contributed by atoms with Gasteiger partial charge in [0.1, 0.15) is 10.8 Å². The molecule has 1 atom stereocenters. The number of hydrogen-bond donors (Lipinski definition) is 0. The summed E-state index contributed by atoms with van der Waals surface area (Å²) >= 11 is 10.6. The van der Waals surface area contributed by atoms with Crippen molar-refractivity contribution >= 4 is 30.8 Å². The van der Waals surface area contributed by atoms with Crippen molar-refractivity contribution in [1.82, 2.24) is 0 Å². The lowest BCUT2D eigenvalue weighted by Gasteiger charge is -2.19. The molecule has 0 aliphatic heterocycles. The Bertz CT molecular complexity index is 224. The molecule has 6 heteroatoms. The normalized spacial score (nSPS) is 15.2. The van der Waals surface area contributed by atoms with Crippen LogP contribution in [0.2, 0.25) is 0 Å². The summed E-state index contributed by atoms with van der Waals surface area (Å²) in [6.45, 7) is 5.55. The van der Waals surface area contributed by atoms with Gasteiger partial charge in [0.05, 0.1) is 12.3 Å². The fraction of sp³-hybridized carbons (Fsp3) is 0.714. The van der Waals surface area contributed by atoms with Crippen molar-refractivity contribution in [3.05, 3.63) is 10.8 Å². The molecule has 13 heavy (non-hydrogen) atoms. The molecule has 0 amide bonds. The molecule has 0 N–H and O–H groups in total. The minimum atomic E-state index is -3.09. The first-order chi connectivity index (χ1) is 5.92. The zero-order valence-corrected chi connectivity index (χ0v) is 10.2.